The lowest BCUT2D eigenvalue weighted by Crippen LogP contribution is -2.29. The topological polar surface area (TPSA) is 71.3 Å². The molecule has 146 valence electrons. The Morgan fingerprint density at radius 2 is 2.14 bits per heavy atom. The van der Waals surface area contributed by atoms with Gasteiger partial charge in [-0.1, -0.05) is 36.8 Å². The highest BCUT2D eigenvalue weighted by molar-refractivity contribution is 7.15. The fourth-order valence-electron chi connectivity index (χ4n) is 3.25. The molecule has 0 unspecified atom stereocenters. The summed E-state index contributed by atoms with van der Waals surface area (Å²) in [5, 5.41) is 3.62. The number of benzene rings is 1. The van der Waals surface area contributed by atoms with Crippen molar-refractivity contribution in [1.82, 2.24) is 14.9 Å². The number of carbonyl (C=O) groups excluding carboxylic acids is 1. The van der Waals surface area contributed by atoms with Gasteiger partial charge in [0, 0.05) is 42.8 Å². The maximum absolute atomic E-state index is 12.3. The van der Waals surface area contributed by atoms with Gasteiger partial charge in [0.2, 0.25) is 5.91 Å². The van der Waals surface area contributed by atoms with Gasteiger partial charge < -0.3 is 9.73 Å². The Kier molecular flexibility index (Phi) is 5.54. The molecule has 0 radical (unpaired) electrons. The predicted molar refractivity (Wildman–Crippen MR) is 110 cm³/mol. The molecular formula is C21H24N4O2S. The van der Waals surface area contributed by atoms with Gasteiger partial charge in [-0.3, -0.25) is 9.69 Å². The normalized spacial score (nSPS) is 14.1. The van der Waals surface area contributed by atoms with Crippen LogP contribution in [0.5, 0.6) is 0 Å². The van der Waals surface area contributed by atoms with Gasteiger partial charge in [-0.25, -0.2) is 9.97 Å². The standard InChI is InChI=1S/C21H24N4O2S/c1-3-25-11-10-16-18(13-25)28-21(23-16)24-19(26)8-9-20-22-12-17(27-20)15-6-4-14(2)5-7-15/h4-7,12H,3,8-11,13H2,1-2H3,(H,23,24,26). The Balaban J connectivity index is 1.32. The first-order valence-electron chi connectivity index (χ1n) is 9.63. The van der Waals surface area contributed by atoms with Gasteiger partial charge in [0.05, 0.1) is 11.9 Å². The number of nitrogens with zero attached hydrogens (tertiary/aromatic N) is 3. The molecule has 0 saturated heterocycles. The molecule has 1 aliphatic rings. The van der Waals surface area contributed by atoms with Crippen LogP contribution in [0.4, 0.5) is 5.13 Å². The van der Waals surface area contributed by atoms with Crippen LogP contribution in [0.3, 0.4) is 0 Å². The van der Waals surface area contributed by atoms with Crippen LogP contribution in [0, 0.1) is 6.92 Å². The molecule has 4 rings (SSSR count). The number of likely N-dealkylation sites (N-methyl/N-ethyl adjacent to an activating group) is 1. The number of carbonyl (C=O) groups is 1. The van der Waals surface area contributed by atoms with E-state index in [0.717, 1.165) is 43.1 Å². The van der Waals surface area contributed by atoms with Crippen LogP contribution in [-0.4, -0.2) is 33.9 Å². The second-order valence-electron chi connectivity index (χ2n) is 7.04. The molecule has 0 fully saturated rings. The Morgan fingerprint density at radius 1 is 1.32 bits per heavy atom. The first kappa shape index (κ1) is 18.8. The molecule has 0 aliphatic carbocycles. The minimum atomic E-state index is -0.0615. The van der Waals surface area contributed by atoms with Crippen molar-refractivity contribution < 1.29 is 9.21 Å². The van der Waals surface area contributed by atoms with Crippen molar-refractivity contribution in [1.29, 1.82) is 0 Å². The van der Waals surface area contributed by atoms with Crippen LogP contribution in [0.2, 0.25) is 0 Å². The quantitative estimate of drug-likeness (QED) is 0.680. The zero-order valence-electron chi connectivity index (χ0n) is 16.2. The molecule has 3 aromatic rings. The first-order chi connectivity index (χ1) is 13.6. The maximum atomic E-state index is 12.3. The molecule has 1 amide bonds. The molecule has 0 bridgehead atoms. The van der Waals surface area contributed by atoms with Crippen molar-refractivity contribution in [3.8, 4) is 11.3 Å². The van der Waals surface area contributed by atoms with Gasteiger partial charge in [0.1, 0.15) is 0 Å². The van der Waals surface area contributed by atoms with Gasteiger partial charge in [-0.2, -0.15) is 0 Å². The van der Waals surface area contributed by atoms with E-state index >= 15 is 0 Å². The number of nitrogens with one attached hydrogen (secondary N) is 1. The van der Waals surface area contributed by atoms with Crippen molar-refractivity contribution in [3.05, 3.63) is 52.5 Å². The van der Waals surface area contributed by atoms with E-state index < -0.39 is 0 Å². The average molecular weight is 397 g/mol. The smallest absolute Gasteiger partial charge is 0.226 e. The van der Waals surface area contributed by atoms with Crippen LogP contribution in [0.25, 0.3) is 11.3 Å². The van der Waals surface area contributed by atoms with E-state index in [4.69, 9.17) is 4.42 Å². The third-order valence-corrected chi connectivity index (χ3v) is 5.96. The Hall–Kier alpha value is -2.51. The van der Waals surface area contributed by atoms with Gasteiger partial charge in [0.25, 0.3) is 0 Å². The van der Waals surface area contributed by atoms with Crippen LogP contribution in [0.1, 0.15) is 35.4 Å². The largest absolute Gasteiger partial charge is 0.441 e. The summed E-state index contributed by atoms with van der Waals surface area (Å²) in [6.07, 6.45) is 3.45. The summed E-state index contributed by atoms with van der Waals surface area (Å²) >= 11 is 1.58. The fraction of sp³-hybridized carbons (Fsp3) is 0.381. The van der Waals surface area contributed by atoms with E-state index in [2.05, 4.69) is 27.1 Å². The van der Waals surface area contributed by atoms with Crippen molar-refractivity contribution >= 4 is 22.4 Å². The van der Waals surface area contributed by atoms with E-state index in [0.29, 0.717) is 23.9 Å². The summed E-state index contributed by atoms with van der Waals surface area (Å²) < 4.78 is 5.79. The molecule has 1 aromatic carbocycles. The van der Waals surface area contributed by atoms with Gasteiger partial charge >= 0.3 is 0 Å². The SMILES string of the molecule is CCN1CCc2nc(NC(=O)CCc3ncc(-c4ccc(C)cc4)o3)sc2C1. The van der Waals surface area contributed by atoms with Crippen molar-refractivity contribution in [3.63, 3.8) is 0 Å². The van der Waals surface area contributed by atoms with Gasteiger partial charge in [-0.15, -0.1) is 11.3 Å². The van der Waals surface area contributed by atoms with Crippen LogP contribution >= 0.6 is 11.3 Å². The van der Waals surface area contributed by atoms with E-state index in [1.54, 1.807) is 17.5 Å². The summed E-state index contributed by atoms with van der Waals surface area (Å²) in [6.45, 7) is 7.22. The summed E-state index contributed by atoms with van der Waals surface area (Å²) in [4.78, 5) is 24.8. The lowest BCUT2D eigenvalue weighted by molar-refractivity contribution is -0.116. The molecule has 1 aliphatic heterocycles. The zero-order valence-corrected chi connectivity index (χ0v) is 17.0. The highest BCUT2D eigenvalue weighted by atomic mass is 32.1. The van der Waals surface area contributed by atoms with Crippen LogP contribution < -0.4 is 5.32 Å². The molecule has 6 nitrogen and oxygen atoms in total. The molecule has 7 heteroatoms. The zero-order chi connectivity index (χ0) is 19.5. The lowest BCUT2D eigenvalue weighted by atomic mass is 10.1. The summed E-state index contributed by atoms with van der Waals surface area (Å²) in [7, 11) is 0. The highest BCUT2D eigenvalue weighted by Gasteiger charge is 2.20. The molecule has 1 N–H and O–H groups in total. The fourth-order valence-corrected chi connectivity index (χ4v) is 4.32. The number of thiazole rings is 1. The molecular weight excluding hydrogens is 372 g/mol. The third-order valence-electron chi connectivity index (χ3n) is 4.96. The van der Waals surface area contributed by atoms with E-state index in [9.17, 15) is 4.79 Å². The van der Waals surface area contributed by atoms with E-state index in [1.807, 2.05) is 31.2 Å². The summed E-state index contributed by atoms with van der Waals surface area (Å²) in [5.41, 5.74) is 3.31. The molecule has 0 saturated carbocycles. The molecule has 3 heterocycles. The monoisotopic (exact) mass is 396 g/mol. The first-order valence-corrected chi connectivity index (χ1v) is 10.4. The number of anilines is 1. The van der Waals surface area contributed by atoms with Gasteiger partial charge in [-0.05, 0) is 13.5 Å². The van der Waals surface area contributed by atoms with Crippen LogP contribution in [-0.2, 0) is 24.2 Å². The van der Waals surface area contributed by atoms with E-state index in [1.165, 1.54) is 10.4 Å². The Bertz CT molecular complexity index is 961. The molecule has 28 heavy (non-hydrogen) atoms. The maximum Gasteiger partial charge on any atom is 0.226 e. The van der Waals surface area contributed by atoms with Crippen molar-refractivity contribution in [2.75, 3.05) is 18.4 Å². The number of amides is 1. The Morgan fingerprint density at radius 3 is 2.93 bits per heavy atom. The molecule has 0 atom stereocenters. The van der Waals surface area contributed by atoms with Gasteiger partial charge in [0.15, 0.2) is 16.8 Å². The number of rotatable bonds is 6. The number of fused-ring (bicyclic) bond motifs is 1. The number of hydrogen-bond acceptors (Lipinski definition) is 6. The Labute approximate surface area is 168 Å². The number of aromatic nitrogens is 2. The number of hydrogen-bond donors (Lipinski definition) is 1. The summed E-state index contributed by atoms with van der Waals surface area (Å²) in [5.74, 6) is 1.24. The molecule has 0 spiro atoms. The minimum absolute atomic E-state index is 0.0615. The van der Waals surface area contributed by atoms with Crippen molar-refractivity contribution in [2.45, 2.75) is 39.7 Å². The number of oxazole rings is 1. The second-order valence-corrected chi connectivity index (χ2v) is 8.12. The number of aryl methyl sites for hydroxylation is 2. The van der Waals surface area contributed by atoms with Crippen LogP contribution in [0.15, 0.2) is 34.9 Å². The second kappa shape index (κ2) is 8.24. The summed E-state index contributed by atoms with van der Waals surface area (Å²) in [6, 6.07) is 8.10. The average Bonchev–Trinajstić information content (AvgIpc) is 3.32. The van der Waals surface area contributed by atoms with E-state index in [-0.39, 0.29) is 5.91 Å². The minimum Gasteiger partial charge on any atom is -0.441 e. The lowest BCUT2D eigenvalue weighted by Gasteiger charge is -2.23. The third kappa shape index (κ3) is 4.31. The predicted octanol–water partition coefficient (Wildman–Crippen LogP) is 4.06. The highest BCUT2D eigenvalue weighted by Crippen LogP contribution is 2.28. The van der Waals surface area contributed by atoms with Crippen molar-refractivity contribution in [2.24, 2.45) is 0 Å². The molecule has 2 aromatic heterocycles.